The summed E-state index contributed by atoms with van der Waals surface area (Å²) in [4.78, 5) is 49.1. The average Bonchev–Trinajstić information content (AvgIpc) is 2.74. The third-order valence-electron chi connectivity index (χ3n) is 4.92. The molecule has 2 heterocycles. The number of rotatable bonds is 11. The smallest absolute Gasteiger partial charge is 0.352 e. The molecule has 2 rings (SSSR count). The maximum absolute atomic E-state index is 13.0. The Morgan fingerprint density at radius 2 is 2.12 bits per heavy atom. The van der Waals surface area contributed by atoms with E-state index in [0.717, 1.165) is 16.7 Å². The zero-order valence-electron chi connectivity index (χ0n) is 17.7. The van der Waals surface area contributed by atoms with Gasteiger partial charge in [-0.2, -0.15) is 0 Å². The van der Waals surface area contributed by atoms with E-state index in [1.54, 1.807) is 0 Å². The number of nitrogens with zero attached hydrogens (tertiary/aromatic N) is 1. The number of nitrogens with two attached hydrogens (primary N) is 1. The molecule has 2 aliphatic rings. The van der Waals surface area contributed by atoms with E-state index in [1.165, 1.54) is 18.9 Å². The van der Waals surface area contributed by atoms with Crippen molar-refractivity contribution >= 4 is 52.4 Å². The van der Waals surface area contributed by atoms with Crippen molar-refractivity contribution in [3.05, 3.63) is 11.3 Å². The number of fused-ring (bicyclic) bond motifs is 1. The van der Waals surface area contributed by atoms with E-state index in [0.29, 0.717) is 12.1 Å². The second-order valence-corrected chi connectivity index (χ2v) is 9.12. The van der Waals surface area contributed by atoms with Gasteiger partial charge in [0.15, 0.2) is 5.17 Å². The molecule has 1 fully saturated rings. The first kappa shape index (κ1) is 26.0. The van der Waals surface area contributed by atoms with Crippen LogP contribution in [0.3, 0.4) is 0 Å². The van der Waals surface area contributed by atoms with Crippen molar-refractivity contribution in [3.63, 3.8) is 0 Å². The Bertz CT molecular complexity index is 837. The number of aliphatic carboxylic acids is 2. The molecule has 1 saturated heterocycles. The van der Waals surface area contributed by atoms with E-state index in [2.05, 4.69) is 10.6 Å². The molecule has 3 atom stereocenters. The maximum atomic E-state index is 13.0. The number of nitrogens with one attached hydrogen (secondary N) is 3. The minimum absolute atomic E-state index is 0.0627. The summed E-state index contributed by atoms with van der Waals surface area (Å²) < 4.78 is 5.36. The average molecular weight is 490 g/mol. The first-order valence-electron chi connectivity index (χ1n) is 9.79. The van der Waals surface area contributed by atoms with Crippen LogP contribution >= 0.6 is 23.5 Å². The number of carbonyl (C=O) groups is 4. The predicted octanol–water partition coefficient (Wildman–Crippen LogP) is -0.441. The number of ether oxygens (including phenoxy) is 1. The Balaban J connectivity index is 2.10. The van der Waals surface area contributed by atoms with Crippen molar-refractivity contribution in [2.24, 2.45) is 5.73 Å². The van der Waals surface area contributed by atoms with Gasteiger partial charge in [0.05, 0.1) is 0 Å². The van der Waals surface area contributed by atoms with Gasteiger partial charge in [0, 0.05) is 31.6 Å². The quantitative estimate of drug-likeness (QED) is 0.0952. The van der Waals surface area contributed by atoms with Crippen LogP contribution in [0.1, 0.15) is 26.2 Å². The summed E-state index contributed by atoms with van der Waals surface area (Å²) in [5.74, 6) is -3.14. The lowest BCUT2D eigenvalue weighted by molar-refractivity contribution is -0.192. The summed E-state index contributed by atoms with van der Waals surface area (Å²) in [6.45, 7) is 2.41. The van der Waals surface area contributed by atoms with Crippen molar-refractivity contribution in [2.45, 2.75) is 43.3 Å². The van der Waals surface area contributed by atoms with Crippen LogP contribution in [0, 0.1) is 5.41 Å². The number of carbonyl (C=O) groups excluding carboxylic acids is 2. The molecule has 2 aliphatic heterocycles. The third-order valence-corrected chi connectivity index (χ3v) is 7.22. The molecule has 1 unspecified atom stereocenters. The molecule has 0 aliphatic carbocycles. The zero-order valence-corrected chi connectivity index (χ0v) is 19.3. The molecule has 7 N–H and O–H groups in total. The van der Waals surface area contributed by atoms with Gasteiger partial charge in [0.25, 0.3) is 11.6 Å². The Morgan fingerprint density at radius 1 is 1.44 bits per heavy atom. The molecule has 2 amide bonds. The van der Waals surface area contributed by atoms with E-state index in [9.17, 15) is 24.3 Å². The highest BCUT2D eigenvalue weighted by Crippen LogP contribution is 2.47. The summed E-state index contributed by atoms with van der Waals surface area (Å²) in [6, 6.07) is -1.08. The molecule has 0 radical (unpaired) electrons. The Labute approximate surface area is 193 Å². The molecule has 14 heteroatoms. The lowest BCUT2D eigenvalue weighted by atomic mass is 9.98. The molecule has 12 nitrogen and oxygen atoms in total. The van der Waals surface area contributed by atoms with Crippen molar-refractivity contribution in [2.75, 3.05) is 25.2 Å². The van der Waals surface area contributed by atoms with Crippen molar-refractivity contribution < 1.29 is 34.1 Å². The Morgan fingerprint density at radius 3 is 2.69 bits per heavy atom. The third kappa shape index (κ3) is 5.36. The molecule has 32 heavy (non-hydrogen) atoms. The van der Waals surface area contributed by atoms with Gasteiger partial charge in [-0.1, -0.05) is 11.8 Å². The Kier molecular flexibility index (Phi) is 8.95. The fourth-order valence-electron chi connectivity index (χ4n) is 3.30. The van der Waals surface area contributed by atoms with Crippen LogP contribution in [-0.2, 0) is 23.9 Å². The van der Waals surface area contributed by atoms with Crippen LogP contribution in [0.5, 0.6) is 0 Å². The number of carboxylic acids is 2. The van der Waals surface area contributed by atoms with E-state index in [1.807, 2.05) is 6.92 Å². The van der Waals surface area contributed by atoms with Crippen LogP contribution in [0.15, 0.2) is 11.3 Å². The topological polar surface area (TPSA) is 195 Å². The molecule has 0 saturated carbocycles. The molecule has 0 aromatic rings. The number of carboxylic acid groups (broad SMARTS) is 2. The highest BCUT2D eigenvalue weighted by atomic mass is 32.2. The molecule has 0 aromatic heterocycles. The monoisotopic (exact) mass is 489 g/mol. The SMILES string of the molecule is CCNC(=N)SCC1=C(C(=O)O)N2C(=O)[C@](NC(=O)CCCC(N)C(=O)O)(OC)[C@@H]2SC1. The fraction of sp³-hybridized carbons (Fsp3) is 0.611. The summed E-state index contributed by atoms with van der Waals surface area (Å²) in [6.07, 6.45) is 0.233. The van der Waals surface area contributed by atoms with Crippen molar-refractivity contribution in [1.82, 2.24) is 15.5 Å². The van der Waals surface area contributed by atoms with Gasteiger partial charge in [-0.15, -0.1) is 11.8 Å². The standard InChI is InChI=1S/C18H27N5O7S2/c1-3-21-17(20)32-8-9-7-31-16-18(30-2,15(29)23(16)12(9)14(27)28)22-11(24)6-4-5-10(19)13(25)26/h10,16H,3-8,19H2,1-2H3,(H2,20,21)(H,22,24)(H,25,26)(H,27,28)/t10?,16-,18-/m0/s1. The molecular formula is C18H27N5O7S2. The van der Waals surface area contributed by atoms with E-state index >= 15 is 0 Å². The lowest BCUT2D eigenvalue weighted by Crippen LogP contribution is -2.80. The van der Waals surface area contributed by atoms with Crippen LogP contribution in [0.4, 0.5) is 0 Å². The van der Waals surface area contributed by atoms with Gasteiger partial charge in [-0.3, -0.25) is 24.7 Å². The largest absolute Gasteiger partial charge is 0.480 e. The summed E-state index contributed by atoms with van der Waals surface area (Å²) in [5, 5.41) is 31.1. The van der Waals surface area contributed by atoms with Gasteiger partial charge in [0.1, 0.15) is 17.1 Å². The number of thioether (sulfide) groups is 2. The number of β-lactam (4-membered cyclic amide) rings is 1. The van der Waals surface area contributed by atoms with Crippen LogP contribution < -0.4 is 16.4 Å². The minimum atomic E-state index is -1.70. The maximum Gasteiger partial charge on any atom is 0.352 e. The van der Waals surface area contributed by atoms with Crippen LogP contribution in [-0.4, -0.2) is 86.3 Å². The number of hydrogen-bond donors (Lipinski definition) is 6. The first-order chi connectivity index (χ1) is 15.1. The van der Waals surface area contributed by atoms with Crippen molar-refractivity contribution in [3.8, 4) is 0 Å². The number of hydrogen-bond acceptors (Lipinski definition) is 9. The summed E-state index contributed by atoms with van der Waals surface area (Å²) in [5.41, 5.74) is 4.05. The van der Waals surface area contributed by atoms with Crippen LogP contribution in [0.2, 0.25) is 0 Å². The van der Waals surface area contributed by atoms with Gasteiger partial charge in [-0.05, 0) is 25.3 Å². The number of methoxy groups -OCH3 is 1. The highest BCUT2D eigenvalue weighted by molar-refractivity contribution is 8.13. The number of amidine groups is 1. The van der Waals surface area contributed by atoms with Gasteiger partial charge in [-0.25, -0.2) is 4.79 Å². The van der Waals surface area contributed by atoms with E-state index in [4.69, 9.17) is 21.0 Å². The van der Waals surface area contributed by atoms with Crippen molar-refractivity contribution in [1.29, 1.82) is 5.41 Å². The number of amides is 2. The second-order valence-electron chi connectivity index (χ2n) is 7.07. The lowest BCUT2D eigenvalue weighted by Gasteiger charge is -2.55. The second kappa shape index (κ2) is 11.0. The zero-order chi connectivity index (χ0) is 24.1. The highest BCUT2D eigenvalue weighted by Gasteiger charge is 2.66. The molecular weight excluding hydrogens is 462 g/mol. The molecule has 0 bridgehead atoms. The minimum Gasteiger partial charge on any atom is -0.480 e. The predicted molar refractivity (Wildman–Crippen MR) is 119 cm³/mol. The van der Waals surface area contributed by atoms with Gasteiger partial charge in [0.2, 0.25) is 5.91 Å². The molecule has 0 spiro atoms. The fourth-order valence-corrected chi connectivity index (χ4v) is 5.67. The van der Waals surface area contributed by atoms with E-state index in [-0.39, 0.29) is 41.6 Å². The van der Waals surface area contributed by atoms with Gasteiger partial charge >= 0.3 is 11.9 Å². The first-order valence-corrected chi connectivity index (χ1v) is 11.8. The van der Waals surface area contributed by atoms with Crippen LogP contribution in [0.25, 0.3) is 0 Å². The Hall–Kier alpha value is -2.29. The summed E-state index contributed by atoms with van der Waals surface area (Å²) in [7, 11) is 1.25. The van der Waals surface area contributed by atoms with Gasteiger partial charge < -0.3 is 31.3 Å². The summed E-state index contributed by atoms with van der Waals surface area (Å²) >= 11 is 2.39. The normalized spacial score (nSPS) is 23.2. The van der Waals surface area contributed by atoms with E-state index < -0.39 is 40.9 Å². The molecule has 0 aromatic carbocycles. The molecule has 178 valence electrons.